The summed E-state index contributed by atoms with van der Waals surface area (Å²) < 4.78 is 5.64. The molecule has 150 valence electrons. The first-order chi connectivity index (χ1) is 14.7. The number of aliphatic imine (C=N–C) groups is 1. The van der Waals surface area contributed by atoms with Crippen LogP contribution in [0.4, 0.5) is 0 Å². The highest BCUT2D eigenvalue weighted by atomic mass is 32.1. The van der Waals surface area contributed by atoms with Crippen LogP contribution < -0.4 is 21.3 Å². The number of carbonyl (C=O) groups is 1. The molecule has 3 aromatic rings. The molecule has 0 saturated carbocycles. The lowest BCUT2D eigenvalue weighted by atomic mass is 10.2. The van der Waals surface area contributed by atoms with Crippen molar-refractivity contribution >= 4 is 28.7 Å². The Morgan fingerprint density at radius 2 is 2.23 bits per heavy atom. The summed E-state index contributed by atoms with van der Waals surface area (Å²) in [5.41, 5.74) is 2.92. The molecule has 1 atom stereocenters. The standard InChI is InChI=1S/C22H19N5O2S/c1-14(28)24-9-3-6-15-12-18(30-13-15)20-22(23-2)27-21-16(7-4-10-25-21)19(26-20)17-8-5-11-29-17/h4-5,7-8,10-13,22-23H,9H2,1-2H3,(H,24,28). The maximum Gasteiger partial charge on any atom is 0.217 e. The lowest BCUT2D eigenvalue weighted by Crippen LogP contribution is -2.36. The Labute approximate surface area is 177 Å². The lowest BCUT2D eigenvalue weighted by Gasteiger charge is -2.12. The molecule has 30 heavy (non-hydrogen) atoms. The SMILES string of the molecule is CNC1N=c2ncccc2=C(c2ccco2)N=C1c1cc(C#CCNC(C)=O)cs1. The van der Waals surface area contributed by atoms with Crippen molar-refractivity contribution < 1.29 is 9.21 Å². The van der Waals surface area contributed by atoms with Gasteiger partial charge in [-0.2, -0.15) is 0 Å². The maximum atomic E-state index is 11.0. The number of aromatic nitrogens is 1. The average Bonchev–Trinajstić information content (AvgIpc) is 3.41. The number of thiophene rings is 1. The zero-order valence-electron chi connectivity index (χ0n) is 16.5. The summed E-state index contributed by atoms with van der Waals surface area (Å²) in [4.78, 5) is 26.1. The van der Waals surface area contributed by atoms with Gasteiger partial charge in [-0.1, -0.05) is 11.8 Å². The topological polar surface area (TPSA) is 91.9 Å². The minimum Gasteiger partial charge on any atom is -0.463 e. The number of furan rings is 1. The van der Waals surface area contributed by atoms with Gasteiger partial charge in [-0.3, -0.25) is 10.1 Å². The molecule has 0 bridgehead atoms. The molecule has 4 rings (SSSR count). The number of pyridine rings is 1. The minimum atomic E-state index is -0.370. The molecule has 7 nitrogen and oxygen atoms in total. The van der Waals surface area contributed by atoms with Crippen LogP contribution >= 0.6 is 11.3 Å². The molecule has 1 unspecified atom stereocenters. The summed E-state index contributed by atoms with van der Waals surface area (Å²) in [6.45, 7) is 1.78. The van der Waals surface area contributed by atoms with Crippen LogP contribution in [-0.2, 0) is 4.79 Å². The lowest BCUT2D eigenvalue weighted by molar-refractivity contribution is -0.118. The van der Waals surface area contributed by atoms with Gasteiger partial charge in [0.2, 0.25) is 5.91 Å². The van der Waals surface area contributed by atoms with Gasteiger partial charge in [0.15, 0.2) is 11.2 Å². The van der Waals surface area contributed by atoms with E-state index in [2.05, 4.69) is 27.5 Å². The first kappa shape index (κ1) is 19.8. The number of rotatable bonds is 4. The third kappa shape index (κ3) is 4.22. The quantitative estimate of drug-likeness (QED) is 0.621. The van der Waals surface area contributed by atoms with Gasteiger partial charge in [0.1, 0.15) is 11.9 Å². The van der Waals surface area contributed by atoms with Crippen molar-refractivity contribution in [1.29, 1.82) is 0 Å². The summed E-state index contributed by atoms with van der Waals surface area (Å²) in [7, 11) is 1.84. The van der Waals surface area contributed by atoms with Crippen molar-refractivity contribution in [1.82, 2.24) is 15.6 Å². The van der Waals surface area contributed by atoms with Crippen LogP contribution in [0, 0.1) is 11.8 Å². The number of amides is 1. The van der Waals surface area contributed by atoms with Gasteiger partial charge in [0.25, 0.3) is 0 Å². The molecule has 2 N–H and O–H groups in total. The van der Waals surface area contributed by atoms with Gasteiger partial charge in [-0.25, -0.2) is 15.0 Å². The van der Waals surface area contributed by atoms with E-state index in [0.717, 1.165) is 21.4 Å². The number of fused-ring (bicyclic) bond motifs is 1. The van der Waals surface area contributed by atoms with Gasteiger partial charge >= 0.3 is 0 Å². The van der Waals surface area contributed by atoms with Gasteiger partial charge in [0.05, 0.1) is 23.4 Å². The van der Waals surface area contributed by atoms with Crippen molar-refractivity contribution in [3.8, 4) is 11.8 Å². The zero-order chi connectivity index (χ0) is 20.9. The van der Waals surface area contributed by atoms with Crippen LogP contribution in [0.3, 0.4) is 0 Å². The van der Waals surface area contributed by atoms with Crippen LogP contribution in [0.5, 0.6) is 0 Å². The fourth-order valence-corrected chi connectivity index (χ4v) is 3.81. The van der Waals surface area contributed by atoms with Crippen molar-refractivity contribution in [2.75, 3.05) is 13.6 Å². The fraction of sp³-hybridized carbons (Fsp3) is 0.182. The number of hydrogen-bond donors (Lipinski definition) is 2. The molecule has 0 spiro atoms. The largest absolute Gasteiger partial charge is 0.463 e. The van der Waals surface area contributed by atoms with Crippen LogP contribution in [0.15, 0.2) is 62.6 Å². The smallest absolute Gasteiger partial charge is 0.217 e. The Balaban J connectivity index is 1.78. The van der Waals surface area contributed by atoms with Gasteiger partial charge in [-0.05, 0) is 37.4 Å². The zero-order valence-corrected chi connectivity index (χ0v) is 17.3. The Morgan fingerprint density at radius 3 is 3.00 bits per heavy atom. The van der Waals surface area contributed by atoms with Crippen molar-refractivity contribution in [3.05, 3.63) is 75.1 Å². The van der Waals surface area contributed by atoms with Crippen LogP contribution in [0.1, 0.15) is 23.1 Å². The van der Waals surface area contributed by atoms with Crippen LogP contribution in [-0.4, -0.2) is 36.4 Å². The average molecular weight is 417 g/mol. The molecule has 0 radical (unpaired) electrons. The molecular formula is C22H19N5O2S. The highest BCUT2D eigenvalue weighted by Crippen LogP contribution is 2.22. The van der Waals surface area contributed by atoms with Crippen molar-refractivity contribution in [3.63, 3.8) is 0 Å². The predicted octanol–water partition coefficient (Wildman–Crippen LogP) is 1.05. The molecule has 0 fully saturated rings. The van der Waals surface area contributed by atoms with Crippen molar-refractivity contribution in [2.24, 2.45) is 9.98 Å². The fourth-order valence-electron chi connectivity index (χ4n) is 2.95. The highest BCUT2D eigenvalue weighted by Gasteiger charge is 2.22. The Kier molecular flexibility index (Phi) is 5.84. The summed E-state index contributed by atoms with van der Waals surface area (Å²) >= 11 is 1.54. The van der Waals surface area contributed by atoms with Crippen LogP contribution in [0.25, 0.3) is 5.70 Å². The molecule has 3 aromatic heterocycles. The van der Waals surface area contributed by atoms with E-state index in [0.29, 0.717) is 23.5 Å². The number of likely N-dealkylation sites (N-methyl/N-ethyl adjacent to an activating group) is 1. The molecular weight excluding hydrogens is 398 g/mol. The second-order valence-corrected chi connectivity index (χ2v) is 7.34. The van der Waals surface area contributed by atoms with Gasteiger partial charge in [-0.15, -0.1) is 11.3 Å². The Morgan fingerprint density at radius 1 is 1.33 bits per heavy atom. The van der Waals surface area contributed by atoms with E-state index in [9.17, 15) is 4.79 Å². The van der Waals surface area contributed by atoms with E-state index in [-0.39, 0.29) is 12.1 Å². The molecule has 8 heteroatoms. The minimum absolute atomic E-state index is 0.101. The van der Waals surface area contributed by atoms with E-state index in [4.69, 9.17) is 14.4 Å². The summed E-state index contributed by atoms with van der Waals surface area (Å²) in [5.74, 6) is 6.57. The first-order valence-electron chi connectivity index (χ1n) is 9.31. The van der Waals surface area contributed by atoms with E-state index in [1.807, 2.05) is 42.8 Å². The number of hydrogen-bond acceptors (Lipinski definition) is 7. The molecule has 0 aliphatic carbocycles. The molecule has 0 aromatic carbocycles. The Bertz CT molecular complexity index is 1280. The molecule has 1 amide bonds. The Hall–Kier alpha value is -3.54. The summed E-state index contributed by atoms with van der Waals surface area (Å²) in [5, 5.41) is 8.66. The molecule has 0 saturated heterocycles. The maximum absolute atomic E-state index is 11.0. The van der Waals surface area contributed by atoms with E-state index in [1.54, 1.807) is 23.8 Å². The summed E-state index contributed by atoms with van der Waals surface area (Å²) in [6.07, 6.45) is 2.97. The summed E-state index contributed by atoms with van der Waals surface area (Å²) in [6, 6.07) is 9.49. The van der Waals surface area contributed by atoms with E-state index >= 15 is 0 Å². The number of nitrogens with zero attached hydrogens (tertiary/aromatic N) is 3. The monoisotopic (exact) mass is 417 g/mol. The second-order valence-electron chi connectivity index (χ2n) is 6.43. The predicted molar refractivity (Wildman–Crippen MR) is 116 cm³/mol. The third-order valence-corrected chi connectivity index (χ3v) is 5.28. The second kappa shape index (κ2) is 8.86. The van der Waals surface area contributed by atoms with E-state index < -0.39 is 0 Å². The van der Waals surface area contributed by atoms with Gasteiger partial charge < -0.3 is 9.73 Å². The first-order valence-corrected chi connectivity index (χ1v) is 10.2. The van der Waals surface area contributed by atoms with E-state index in [1.165, 1.54) is 6.92 Å². The van der Waals surface area contributed by atoms with Crippen LogP contribution in [0.2, 0.25) is 0 Å². The number of carbonyl (C=O) groups excluding carboxylic acids is 1. The molecule has 1 aliphatic heterocycles. The third-order valence-electron chi connectivity index (χ3n) is 4.32. The highest BCUT2D eigenvalue weighted by molar-refractivity contribution is 7.12. The molecule has 4 heterocycles. The normalized spacial score (nSPS) is 15.2. The van der Waals surface area contributed by atoms with Crippen molar-refractivity contribution in [2.45, 2.75) is 13.1 Å². The van der Waals surface area contributed by atoms with Gasteiger partial charge in [0, 0.05) is 29.3 Å². The molecule has 1 aliphatic rings. The number of nitrogens with one attached hydrogen (secondary N) is 2.